The SMILES string of the molecule is Cc1cccc(CN2CCN(C(=O)CCCn3cnnn3)CC2)c1. The molecule has 0 bridgehead atoms. The maximum absolute atomic E-state index is 12.3. The highest BCUT2D eigenvalue weighted by Crippen LogP contribution is 2.11. The highest BCUT2D eigenvalue weighted by atomic mass is 16.2. The first kappa shape index (κ1) is 16.6. The number of piperazine rings is 1. The number of aryl methyl sites for hydroxylation is 2. The monoisotopic (exact) mass is 328 g/mol. The van der Waals surface area contributed by atoms with Crippen LogP contribution in [0.3, 0.4) is 0 Å². The van der Waals surface area contributed by atoms with Crippen molar-refractivity contribution in [1.29, 1.82) is 0 Å². The van der Waals surface area contributed by atoms with Crippen LogP contribution in [0, 0.1) is 6.92 Å². The summed E-state index contributed by atoms with van der Waals surface area (Å²) in [5.74, 6) is 0.235. The van der Waals surface area contributed by atoms with Crippen LogP contribution in [0.4, 0.5) is 0 Å². The van der Waals surface area contributed by atoms with Crippen molar-refractivity contribution in [2.45, 2.75) is 32.9 Å². The fourth-order valence-corrected chi connectivity index (χ4v) is 3.06. The first-order chi connectivity index (χ1) is 11.7. The van der Waals surface area contributed by atoms with Crippen molar-refractivity contribution in [3.63, 3.8) is 0 Å². The maximum atomic E-state index is 12.3. The van der Waals surface area contributed by atoms with Crippen LogP contribution in [-0.2, 0) is 17.9 Å². The quantitative estimate of drug-likeness (QED) is 0.794. The van der Waals surface area contributed by atoms with E-state index >= 15 is 0 Å². The van der Waals surface area contributed by atoms with E-state index in [4.69, 9.17) is 0 Å². The van der Waals surface area contributed by atoms with Gasteiger partial charge in [-0.05, 0) is 29.3 Å². The molecule has 7 nitrogen and oxygen atoms in total. The van der Waals surface area contributed by atoms with Crippen LogP contribution < -0.4 is 0 Å². The second-order valence-electron chi connectivity index (χ2n) is 6.32. The Bertz CT molecular complexity index is 649. The summed E-state index contributed by atoms with van der Waals surface area (Å²) in [6, 6.07) is 8.63. The maximum Gasteiger partial charge on any atom is 0.222 e. The van der Waals surface area contributed by atoms with E-state index in [1.165, 1.54) is 11.1 Å². The van der Waals surface area contributed by atoms with Gasteiger partial charge in [0.05, 0.1) is 0 Å². The molecule has 128 valence electrons. The molecule has 1 aliphatic rings. The second kappa shape index (κ2) is 8.01. The predicted molar refractivity (Wildman–Crippen MR) is 90.1 cm³/mol. The molecular formula is C17H24N6O. The number of carbonyl (C=O) groups is 1. The van der Waals surface area contributed by atoms with Gasteiger partial charge in [0.15, 0.2) is 0 Å². The first-order valence-electron chi connectivity index (χ1n) is 8.47. The molecule has 0 radical (unpaired) electrons. The number of amides is 1. The van der Waals surface area contributed by atoms with Gasteiger partial charge in [-0.25, -0.2) is 4.68 Å². The molecule has 1 fully saturated rings. The molecule has 0 saturated carbocycles. The van der Waals surface area contributed by atoms with Gasteiger partial charge in [0.25, 0.3) is 0 Å². The van der Waals surface area contributed by atoms with E-state index < -0.39 is 0 Å². The van der Waals surface area contributed by atoms with Gasteiger partial charge in [0.2, 0.25) is 5.91 Å². The third-order valence-corrected chi connectivity index (χ3v) is 4.38. The molecule has 7 heteroatoms. The largest absolute Gasteiger partial charge is 0.340 e. The Morgan fingerprint density at radius 2 is 2.04 bits per heavy atom. The number of tetrazole rings is 1. The molecular weight excluding hydrogens is 304 g/mol. The van der Waals surface area contributed by atoms with Crippen molar-refractivity contribution in [3.05, 3.63) is 41.7 Å². The van der Waals surface area contributed by atoms with Crippen LogP contribution in [0.1, 0.15) is 24.0 Å². The number of aromatic nitrogens is 4. The van der Waals surface area contributed by atoms with Gasteiger partial charge in [0.1, 0.15) is 6.33 Å². The summed E-state index contributed by atoms with van der Waals surface area (Å²) < 4.78 is 1.66. The Hall–Kier alpha value is -2.28. The molecule has 0 N–H and O–H groups in total. The number of nitrogens with zero attached hydrogens (tertiary/aromatic N) is 6. The predicted octanol–water partition coefficient (Wildman–Crippen LogP) is 1.11. The highest BCUT2D eigenvalue weighted by molar-refractivity contribution is 5.76. The first-order valence-corrected chi connectivity index (χ1v) is 8.47. The minimum Gasteiger partial charge on any atom is -0.340 e. The minimum absolute atomic E-state index is 0.235. The van der Waals surface area contributed by atoms with Crippen LogP contribution in [0.2, 0.25) is 0 Å². The van der Waals surface area contributed by atoms with Crippen molar-refractivity contribution < 1.29 is 4.79 Å². The van der Waals surface area contributed by atoms with Crippen LogP contribution >= 0.6 is 0 Å². The van der Waals surface area contributed by atoms with E-state index in [1.54, 1.807) is 11.0 Å². The number of hydrogen-bond donors (Lipinski definition) is 0. The minimum atomic E-state index is 0.235. The lowest BCUT2D eigenvalue weighted by Gasteiger charge is -2.35. The topological polar surface area (TPSA) is 67.2 Å². The summed E-state index contributed by atoms with van der Waals surface area (Å²) in [4.78, 5) is 16.7. The van der Waals surface area contributed by atoms with Crippen LogP contribution in [0.15, 0.2) is 30.6 Å². The average molecular weight is 328 g/mol. The lowest BCUT2D eigenvalue weighted by atomic mass is 10.1. The summed E-state index contributed by atoms with van der Waals surface area (Å²) in [7, 11) is 0. The van der Waals surface area contributed by atoms with Gasteiger partial charge < -0.3 is 4.90 Å². The zero-order valence-corrected chi connectivity index (χ0v) is 14.1. The lowest BCUT2D eigenvalue weighted by Crippen LogP contribution is -2.48. The Morgan fingerprint density at radius 3 is 2.75 bits per heavy atom. The van der Waals surface area contributed by atoms with Gasteiger partial charge in [-0.3, -0.25) is 9.69 Å². The zero-order valence-electron chi connectivity index (χ0n) is 14.1. The number of benzene rings is 1. The molecule has 1 aromatic carbocycles. The Labute approximate surface area is 142 Å². The van der Waals surface area contributed by atoms with Gasteiger partial charge in [0, 0.05) is 45.7 Å². The van der Waals surface area contributed by atoms with Crippen LogP contribution in [-0.4, -0.2) is 62.1 Å². The summed E-state index contributed by atoms with van der Waals surface area (Å²) in [5, 5.41) is 11.0. The third kappa shape index (κ3) is 4.61. The van der Waals surface area contributed by atoms with E-state index in [2.05, 4.69) is 51.6 Å². The molecule has 0 atom stereocenters. The molecule has 1 saturated heterocycles. The number of rotatable bonds is 6. The normalized spacial score (nSPS) is 15.6. The van der Waals surface area contributed by atoms with Crippen molar-refractivity contribution in [3.8, 4) is 0 Å². The molecule has 1 amide bonds. The molecule has 24 heavy (non-hydrogen) atoms. The molecule has 0 aliphatic carbocycles. The van der Waals surface area contributed by atoms with Crippen molar-refractivity contribution >= 4 is 5.91 Å². The second-order valence-corrected chi connectivity index (χ2v) is 6.32. The molecule has 2 heterocycles. The van der Waals surface area contributed by atoms with E-state index in [-0.39, 0.29) is 5.91 Å². The molecule has 3 rings (SSSR count). The molecule has 0 unspecified atom stereocenters. The highest BCUT2D eigenvalue weighted by Gasteiger charge is 2.20. The number of carbonyl (C=O) groups excluding carboxylic acids is 1. The number of hydrogen-bond acceptors (Lipinski definition) is 5. The summed E-state index contributed by atoms with van der Waals surface area (Å²) in [6.45, 7) is 7.27. The van der Waals surface area contributed by atoms with E-state index in [0.717, 1.165) is 39.1 Å². The average Bonchev–Trinajstić information content (AvgIpc) is 3.09. The zero-order chi connectivity index (χ0) is 16.8. The summed E-state index contributed by atoms with van der Waals surface area (Å²) >= 11 is 0. The van der Waals surface area contributed by atoms with E-state index in [0.29, 0.717) is 13.0 Å². The van der Waals surface area contributed by atoms with Crippen molar-refractivity contribution in [2.24, 2.45) is 0 Å². The molecule has 1 aromatic heterocycles. The van der Waals surface area contributed by atoms with E-state index in [9.17, 15) is 4.79 Å². The molecule has 2 aromatic rings. The summed E-state index contributed by atoms with van der Waals surface area (Å²) in [5.41, 5.74) is 2.64. The van der Waals surface area contributed by atoms with Gasteiger partial charge in [-0.15, -0.1) is 5.10 Å². The molecule has 0 spiro atoms. The van der Waals surface area contributed by atoms with Gasteiger partial charge in [-0.2, -0.15) is 0 Å². The smallest absolute Gasteiger partial charge is 0.222 e. The fraction of sp³-hybridized carbons (Fsp3) is 0.529. The van der Waals surface area contributed by atoms with Crippen LogP contribution in [0.25, 0.3) is 0 Å². The van der Waals surface area contributed by atoms with Gasteiger partial charge >= 0.3 is 0 Å². The third-order valence-electron chi connectivity index (χ3n) is 4.38. The van der Waals surface area contributed by atoms with Crippen molar-refractivity contribution in [2.75, 3.05) is 26.2 Å². The summed E-state index contributed by atoms with van der Waals surface area (Å²) in [6.07, 6.45) is 2.90. The Balaban J connectivity index is 1.38. The van der Waals surface area contributed by atoms with E-state index in [1.807, 2.05) is 4.90 Å². The Morgan fingerprint density at radius 1 is 1.21 bits per heavy atom. The Kier molecular flexibility index (Phi) is 5.53. The molecule has 1 aliphatic heterocycles. The van der Waals surface area contributed by atoms with Crippen molar-refractivity contribution in [1.82, 2.24) is 30.0 Å². The standard InChI is InChI=1S/C17H24N6O/c1-15-4-2-5-16(12-15)13-21-8-10-22(11-9-21)17(24)6-3-7-23-14-18-19-20-23/h2,4-5,12,14H,3,6-11,13H2,1H3. The van der Waals surface area contributed by atoms with Crippen LogP contribution in [0.5, 0.6) is 0 Å². The fourth-order valence-electron chi connectivity index (χ4n) is 3.06. The van der Waals surface area contributed by atoms with Gasteiger partial charge in [-0.1, -0.05) is 29.8 Å². The lowest BCUT2D eigenvalue weighted by molar-refractivity contribution is -0.133.